The van der Waals surface area contributed by atoms with E-state index in [1.807, 2.05) is 6.92 Å². The average molecular weight is 137 g/mol. The van der Waals surface area contributed by atoms with Crippen LogP contribution in [-0.2, 0) is 14.9 Å². The molecule has 0 rings (SSSR count). The third-order valence-corrected chi connectivity index (χ3v) is 0.427. The molecule has 0 N–H and O–H groups in total. The van der Waals surface area contributed by atoms with Crippen LogP contribution in [0.1, 0.15) is 13.3 Å². The third-order valence-electron chi connectivity index (χ3n) is 0.427. The Morgan fingerprint density at radius 1 is 1.67 bits per heavy atom. The highest BCUT2D eigenvalue weighted by Gasteiger charge is 1.93. The van der Waals surface area contributed by atoms with Gasteiger partial charge in [0.2, 0.25) is 0 Å². The Labute approximate surface area is 51.3 Å². The summed E-state index contributed by atoms with van der Waals surface area (Å²) in [6.45, 7) is 2.10. The van der Waals surface area contributed by atoms with E-state index in [9.17, 15) is 10.1 Å². The zero-order valence-electron chi connectivity index (χ0n) is 4.90. The van der Waals surface area contributed by atoms with Gasteiger partial charge in [-0.05, 0) is 11.5 Å². The van der Waals surface area contributed by atoms with Gasteiger partial charge < -0.3 is 0 Å². The third kappa shape index (κ3) is 7.12. The molecule has 0 aromatic heterocycles. The summed E-state index contributed by atoms with van der Waals surface area (Å²) in [6.07, 6.45) is 0.709. The lowest BCUT2D eigenvalue weighted by Gasteiger charge is -1.94. The van der Waals surface area contributed by atoms with Gasteiger partial charge in [-0.15, -0.1) is 15.1 Å². The summed E-state index contributed by atoms with van der Waals surface area (Å²) in [6, 6.07) is 0. The van der Waals surface area contributed by atoms with Gasteiger partial charge >= 0.3 is 5.09 Å². The van der Waals surface area contributed by atoms with Crippen molar-refractivity contribution >= 4 is 0 Å². The molecule has 9 heavy (non-hydrogen) atoms. The quantitative estimate of drug-likeness (QED) is 0.238. The molecule has 6 nitrogen and oxygen atoms in total. The molecule has 0 aromatic rings. The van der Waals surface area contributed by atoms with E-state index in [1.54, 1.807) is 0 Å². The van der Waals surface area contributed by atoms with E-state index in [4.69, 9.17) is 0 Å². The monoisotopic (exact) mass is 137 g/mol. The second-order valence-corrected chi connectivity index (χ2v) is 1.19. The van der Waals surface area contributed by atoms with Gasteiger partial charge in [-0.25, -0.2) is 4.89 Å². The molecular weight excluding hydrogens is 130 g/mol. The molecule has 0 fully saturated rings. The molecule has 0 unspecified atom stereocenters. The van der Waals surface area contributed by atoms with Gasteiger partial charge in [-0.2, -0.15) is 0 Å². The summed E-state index contributed by atoms with van der Waals surface area (Å²) in [4.78, 5) is 16.8. The van der Waals surface area contributed by atoms with Crippen LogP contribution in [0.2, 0.25) is 0 Å². The zero-order chi connectivity index (χ0) is 7.11. The molecule has 0 heterocycles. The molecule has 6 heteroatoms. The van der Waals surface area contributed by atoms with Crippen LogP contribution in [0, 0.1) is 10.1 Å². The first-order chi connectivity index (χ1) is 4.27. The van der Waals surface area contributed by atoms with Crippen molar-refractivity contribution in [2.24, 2.45) is 0 Å². The van der Waals surface area contributed by atoms with E-state index < -0.39 is 5.09 Å². The van der Waals surface area contributed by atoms with Gasteiger partial charge in [0, 0.05) is 0 Å². The molecule has 0 saturated heterocycles. The maximum atomic E-state index is 9.34. The van der Waals surface area contributed by atoms with Crippen molar-refractivity contribution in [3.63, 3.8) is 0 Å². The minimum Gasteiger partial charge on any atom is -0.206 e. The molecule has 0 bridgehead atoms. The lowest BCUT2D eigenvalue weighted by atomic mass is 10.5. The summed E-state index contributed by atoms with van der Waals surface area (Å²) in [7, 11) is 0. The average Bonchev–Trinajstić information content (AvgIpc) is 1.80. The summed E-state index contributed by atoms with van der Waals surface area (Å²) >= 11 is 0. The molecule has 0 amide bonds. The highest BCUT2D eigenvalue weighted by Crippen LogP contribution is 1.83. The van der Waals surface area contributed by atoms with Gasteiger partial charge in [0.25, 0.3) is 0 Å². The predicted octanol–water partition coefficient (Wildman–Crippen LogP) is 0.468. The summed E-state index contributed by atoms with van der Waals surface area (Å²) < 4.78 is 0. The van der Waals surface area contributed by atoms with Crippen LogP contribution >= 0.6 is 0 Å². The lowest BCUT2D eigenvalue weighted by molar-refractivity contribution is -0.890. The normalized spacial score (nSPS) is 9.00. The Balaban J connectivity index is 2.83. The molecule has 0 atom stereocenters. The molecule has 0 aromatic carbocycles. The first-order valence-electron chi connectivity index (χ1n) is 2.38. The molecule has 0 aliphatic carbocycles. The Kier molecular flexibility index (Phi) is 4.75. The molecule has 0 radical (unpaired) electrons. The van der Waals surface area contributed by atoms with E-state index in [0.29, 0.717) is 6.42 Å². The van der Waals surface area contributed by atoms with Crippen molar-refractivity contribution in [2.45, 2.75) is 13.3 Å². The van der Waals surface area contributed by atoms with Crippen molar-refractivity contribution in [1.82, 2.24) is 0 Å². The van der Waals surface area contributed by atoms with Crippen LogP contribution in [0.4, 0.5) is 0 Å². The molecule has 54 valence electrons. The Morgan fingerprint density at radius 2 is 2.33 bits per heavy atom. The fourth-order valence-corrected chi connectivity index (χ4v) is 0.164. The summed E-state index contributed by atoms with van der Waals surface area (Å²) in [5.74, 6) is 0. The second kappa shape index (κ2) is 5.26. The molecular formula is C3H7NO5. The van der Waals surface area contributed by atoms with Crippen molar-refractivity contribution in [1.29, 1.82) is 0 Å². The SMILES string of the molecule is CCCOOO[N+](=O)[O-]. The van der Waals surface area contributed by atoms with E-state index in [2.05, 4.69) is 14.9 Å². The van der Waals surface area contributed by atoms with Gasteiger partial charge in [-0.1, -0.05) is 6.92 Å². The first kappa shape index (κ1) is 8.12. The number of hydrogen-bond donors (Lipinski definition) is 0. The largest absolute Gasteiger partial charge is 0.324 e. The standard InChI is InChI=1S/C3H7NO5/c1-2-3-7-9-8-4(5)6/h2-3H2,1H3. The van der Waals surface area contributed by atoms with Gasteiger partial charge in [0.1, 0.15) is 0 Å². The van der Waals surface area contributed by atoms with Crippen LogP contribution in [0.25, 0.3) is 0 Å². The first-order valence-corrected chi connectivity index (χ1v) is 2.38. The van der Waals surface area contributed by atoms with Crippen molar-refractivity contribution in [2.75, 3.05) is 6.61 Å². The Bertz CT molecular complexity index is 84.3. The summed E-state index contributed by atoms with van der Waals surface area (Å²) in [5, 5.41) is 11.9. The fourth-order valence-electron chi connectivity index (χ4n) is 0.164. The van der Waals surface area contributed by atoms with E-state index >= 15 is 0 Å². The maximum absolute atomic E-state index is 9.34. The van der Waals surface area contributed by atoms with Crippen LogP contribution in [-0.4, -0.2) is 11.7 Å². The van der Waals surface area contributed by atoms with Crippen LogP contribution in [0.15, 0.2) is 0 Å². The smallest absolute Gasteiger partial charge is 0.206 e. The molecule has 0 spiro atoms. The van der Waals surface area contributed by atoms with Crippen LogP contribution < -0.4 is 0 Å². The van der Waals surface area contributed by atoms with E-state index in [1.165, 1.54) is 0 Å². The Morgan fingerprint density at radius 3 is 2.78 bits per heavy atom. The minimum absolute atomic E-state index is 0.272. The number of hydrogen-bond acceptors (Lipinski definition) is 5. The van der Waals surface area contributed by atoms with Crippen LogP contribution in [0.5, 0.6) is 0 Å². The molecule has 0 aliphatic heterocycles. The fraction of sp³-hybridized carbons (Fsp3) is 1.00. The number of nitrogens with zero attached hydrogens (tertiary/aromatic N) is 1. The Hall–Kier alpha value is -0.880. The molecule has 0 aliphatic rings. The van der Waals surface area contributed by atoms with Crippen molar-refractivity contribution in [3.8, 4) is 0 Å². The topological polar surface area (TPSA) is 70.8 Å². The van der Waals surface area contributed by atoms with Gasteiger partial charge in [0.05, 0.1) is 6.61 Å². The van der Waals surface area contributed by atoms with E-state index in [-0.39, 0.29) is 6.61 Å². The number of rotatable bonds is 5. The van der Waals surface area contributed by atoms with Gasteiger partial charge in [-0.3, -0.25) is 0 Å². The summed E-state index contributed by atoms with van der Waals surface area (Å²) in [5.41, 5.74) is 0. The minimum atomic E-state index is -1.10. The molecule has 0 saturated carbocycles. The van der Waals surface area contributed by atoms with Crippen molar-refractivity contribution < 1.29 is 20.0 Å². The van der Waals surface area contributed by atoms with E-state index in [0.717, 1.165) is 0 Å². The zero-order valence-corrected chi connectivity index (χ0v) is 4.90. The highest BCUT2D eigenvalue weighted by atomic mass is 17.6. The lowest BCUT2D eigenvalue weighted by Crippen LogP contribution is -2.03. The van der Waals surface area contributed by atoms with Gasteiger partial charge in [0.15, 0.2) is 0 Å². The second-order valence-electron chi connectivity index (χ2n) is 1.19. The van der Waals surface area contributed by atoms with Crippen LogP contribution in [0.3, 0.4) is 0 Å². The van der Waals surface area contributed by atoms with Crippen molar-refractivity contribution in [3.05, 3.63) is 10.1 Å². The maximum Gasteiger partial charge on any atom is 0.324 e. The highest BCUT2D eigenvalue weighted by molar-refractivity contribution is 4.13. The predicted molar refractivity (Wildman–Crippen MR) is 25.4 cm³/mol.